The van der Waals surface area contributed by atoms with Crippen LogP contribution in [0.5, 0.6) is 17.2 Å². The first-order chi connectivity index (χ1) is 14.8. The molecule has 0 atom stereocenters. The van der Waals surface area contributed by atoms with Crippen LogP contribution in [-0.4, -0.2) is 27.2 Å². The molecule has 156 valence electrons. The van der Waals surface area contributed by atoms with Gasteiger partial charge in [-0.05, 0) is 60.7 Å². The molecule has 6 nitrogen and oxygen atoms in total. The van der Waals surface area contributed by atoms with E-state index in [2.05, 4.69) is 10.1 Å². The highest BCUT2D eigenvalue weighted by atomic mass is 19.4. The Kier molecular flexibility index (Phi) is 5.16. The van der Waals surface area contributed by atoms with Crippen molar-refractivity contribution in [1.82, 2.24) is 10.1 Å². The van der Waals surface area contributed by atoms with Crippen molar-refractivity contribution in [3.05, 3.63) is 78.4 Å². The molecular formula is C22H13F3N2O4. The number of phenolic OH excluding ortho intramolecular Hbond substituents is 1. The maximum absolute atomic E-state index is 12.6. The van der Waals surface area contributed by atoms with Crippen molar-refractivity contribution in [1.29, 1.82) is 0 Å². The van der Waals surface area contributed by atoms with E-state index in [9.17, 15) is 23.1 Å². The van der Waals surface area contributed by atoms with E-state index in [1.807, 2.05) is 0 Å². The molecule has 4 rings (SSSR count). The Bertz CT molecular complexity index is 1220. The predicted molar refractivity (Wildman–Crippen MR) is 104 cm³/mol. The van der Waals surface area contributed by atoms with E-state index < -0.39 is 17.5 Å². The number of ketones is 1. The molecule has 0 aliphatic carbocycles. The number of hydrogen-bond donors (Lipinski definition) is 1. The molecule has 3 aromatic carbocycles. The molecule has 0 saturated heterocycles. The molecule has 1 N–H and O–H groups in total. The average Bonchev–Trinajstić information content (AvgIpc) is 3.24. The van der Waals surface area contributed by atoms with Gasteiger partial charge in [-0.1, -0.05) is 17.3 Å². The van der Waals surface area contributed by atoms with Gasteiger partial charge in [0, 0.05) is 16.7 Å². The summed E-state index contributed by atoms with van der Waals surface area (Å²) in [6, 6.07) is 17.6. The third-order valence-corrected chi connectivity index (χ3v) is 4.24. The van der Waals surface area contributed by atoms with Gasteiger partial charge in [0.2, 0.25) is 5.82 Å². The van der Waals surface area contributed by atoms with E-state index in [0.29, 0.717) is 22.7 Å². The van der Waals surface area contributed by atoms with Crippen LogP contribution in [0.1, 0.15) is 10.4 Å². The van der Waals surface area contributed by atoms with Gasteiger partial charge in [0.1, 0.15) is 17.2 Å². The van der Waals surface area contributed by atoms with Gasteiger partial charge in [0.05, 0.1) is 0 Å². The molecule has 4 aromatic rings. The molecule has 31 heavy (non-hydrogen) atoms. The lowest BCUT2D eigenvalue weighted by molar-refractivity contribution is -0.0885. The van der Waals surface area contributed by atoms with Crippen LogP contribution in [0.25, 0.3) is 22.8 Å². The third kappa shape index (κ3) is 4.55. The molecule has 0 amide bonds. The summed E-state index contributed by atoms with van der Waals surface area (Å²) in [4.78, 5) is 15.7. The van der Waals surface area contributed by atoms with E-state index in [1.54, 1.807) is 36.4 Å². The van der Waals surface area contributed by atoms with Crippen LogP contribution >= 0.6 is 0 Å². The Labute approximate surface area is 173 Å². The van der Waals surface area contributed by atoms with E-state index >= 15 is 0 Å². The van der Waals surface area contributed by atoms with Crippen LogP contribution in [0.2, 0.25) is 0 Å². The van der Waals surface area contributed by atoms with E-state index in [4.69, 9.17) is 9.26 Å². The van der Waals surface area contributed by atoms with Gasteiger partial charge in [0.25, 0.3) is 11.7 Å². The van der Waals surface area contributed by atoms with Crippen LogP contribution in [-0.2, 0) is 0 Å². The van der Waals surface area contributed by atoms with Crippen LogP contribution in [0.4, 0.5) is 13.2 Å². The summed E-state index contributed by atoms with van der Waals surface area (Å²) in [5, 5.41) is 13.3. The molecule has 1 aromatic heterocycles. The van der Waals surface area contributed by atoms with Gasteiger partial charge >= 0.3 is 6.18 Å². The fraction of sp³-hybridized carbons (Fsp3) is 0.0455. The molecule has 0 saturated carbocycles. The first kappa shape index (κ1) is 20.1. The van der Waals surface area contributed by atoms with E-state index in [1.165, 1.54) is 24.3 Å². The van der Waals surface area contributed by atoms with Crippen molar-refractivity contribution in [3.63, 3.8) is 0 Å². The predicted octanol–water partition coefficient (Wildman–Crippen LogP) is 5.65. The molecule has 9 heteroatoms. The quantitative estimate of drug-likeness (QED) is 0.415. The number of carbonyl (C=O) groups is 1. The largest absolute Gasteiger partial charge is 0.508 e. The van der Waals surface area contributed by atoms with Gasteiger partial charge < -0.3 is 14.4 Å². The molecule has 0 radical (unpaired) electrons. The van der Waals surface area contributed by atoms with Gasteiger partial charge in [-0.3, -0.25) is 4.79 Å². The molecule has 0 unspecified atom stereocenters. The van der Waals surface area contributed by atoms with Gasteiger partial charge in [-0.15, -0.1) is 0 Å². The third-order valence-electron chi connectivity index (χ3n) is 4.24. The number of rotatable bonds is 5. The first-order valence-electron chi connectivity index (χ1n) is 8.92. The zero-order valence-electron chi connectivity index (χ0n) is 15.6. The van der Waals surface area contributed by atoms with Crippen LogP contribution in [0.3, 0.4) is 0 Å². The lowest BCUT2D eigenvalue weighted by Gasteiger charge is -2.09. The Morgan fingerprint density at radius 1 is 0.903 bits per heavy atom. The smallest absolute Gasteiger partial charge is 0.454 e. The number of aromatic hydroxyl groups is 1. The Morgan fingerprint density at radius 3 is 2.26 bits per heavy atom. The standard InChI is InChI=1S/C22H13F3N2O4/c23-22(24,25)19(29)15-2-1-3-18(12-15)30-17-10-6-13(7-11-17)20-26-21(31-27-20)14-4-8-16(28)9-5-14/h1-12,28H. The number of Topliss-reactive ketones (excluding diaryl/α,β-unsaturated/α-hetero) is 1. The summed E-state index contributed by atoms with van der Waals surface area (Å²) >= 11 is 0. The molecule has 0 aliphatic heterocycles. The molecule has 1 heterocycles. The topological polar surface area (TPSA) is 85.5 Å². The lowest BCUT2D eigenvalue weighted by atomic mass is 10.1. The zero-order chi connectivity index (χ0) is 22.0. The summed E-state index contributed by atoms with van der Waals surface area (Å²) in [7, 11) is 0. The summed E-state index contributed by atoms with van der Waals surface area (Å²) in [5.41, 5.74) is 0.766. The molecule has 0 aliphatic rings. The second-order valence-corrected chi connectivity index (χ2v) is 6.45. The number of carbonyl (C=O) groups excluding carboxylic acids is 1. The average molecular weight is 426 g/mol. The number of hydrogen-bond acceptors (Lipinski definition) is 6. The second kappa shape index (κ2) is 7.94. The van der Waals surface area contributed by atoms with E-state index in [-0.39, 0.29) is 17.4 Å². The minimum atomic E-state index is -4.95. The Hall–Kier alpha value is -4.14. The summed E-state index contributed by atoms with van der Waals surface area (Å²) in [5.74, 6) is -0.768. The highest BCUT2D eigenvalue weighted by Crippen LogP contribution is 2.29. The van der Waals surface area contributed by atoms with Crippen molar-refractivity contribution >= 4 is 5.78 Å². The fourth-order valence-electron chi connectivity index (χ4n) is 2.73. The first-order valence-corrected chi connectivity index (χ1v) is 8.92. The molecule has 0 fully saturated rings. The zero-order valence-corrected chi connectivity index (χ0v) is 15.6. The Morgan fingerprint density at radius 2 is 1.58 bits per heavy atom. The van der Waals surface area contributed by atoms with Gasteiger partial charge in [-0.25, -0.2) is 0 Å². The van der Waals surface area contributed by atoms with Crippen molar-refractivity contribution in [3.8, 4) is 40.1 Å². The van der Waals surface area contributed by atoms with Gasteiger partial charge in [0.15, 0.2) is 0 Å². The normalized spacial score (nSPS) is 11.3. The SMILES string of the molecule is O=C(c1cccc(Oc2ccc(-c3noc(-c4ccc(O)cc4)n3)cc2)c1)C(F)(F)F. The number of phenols is 1. The number of ether oxygens (including phenoxy) is 1. The van der Waals surface area contributed by atoms with Crippen molar-refractivity contribution < 1.29 is 32.3 Å². The minimum absolute atomic E-state index is 0.0945. The van der Waals surface area contributed by atoms with Gasteiger partial charge in [-0.2, -0.15) is 18.2 Å². The second-order valence-electron chi connectivity index (χ2n) is 6.45. The summed E-state index contributed by atoms with van der Waals surface area (Å²) < 4.78 is 48.6. The molecule has 0 spiro atoms. The lowest BCUT2D eigenvalue weighted by Crippen LogP contribution is -2.22. The molecular weight excluding hydrogens is 413 g/mol. The molecule has 0 bridgehead atoms. The fourth-order valence-corrected chi connectivity index (χ4v) is 2.73. The van der Waals surface area contributed by atoms with Crippen LogP contribution < -0.4 is 4.74 Å². The monoisotopic (exact) mass is 426 g/mol. The summed E-state index contributed by atoms with van der Waals surface area (Å²) in [6.45, 7) is 0. The van der Waals surface area contributed by atoms with Crippen LogP contribution in [0.15, 0.2) is 77.3 Å². The number of aromatic nitrogens is 2. The number of benzene rings is 3. The van der Waals surface area contributed by atoms with Crippen molar-refractivity contribution in [2.24, 2.45) is 0 Å². The van der Waals surface area contributed by atoms with Crippen molar-refractivity contribution in [2.45, 2.75) is 6.18 Å². The van der Waals surface area contributed by atoms with Crippen LogP contribution in [0, 0.1) is 0 Å². The number of halogens is 3. The number of alkyl halides is 3. The maximum Gasteiger partial charge on any atom is 0.454 e. The van der Waals surface area contributed by atoms with E-state index in [0.717, 1.165) is 12.1 Å². The highest BCUT2D eigenvalue weighted by molar-refractivity contribution is 6.00. The highest BCUT2D eigenvalue weighted by Gasteiger charge is 2.39. The minimum Gasteiger partial charge on any atom is -0.508 e. The van der Waals surface area contributed by atoms with Crippen molar-refractivity contribution in [2.75, 3.05) is 0 Å². The summed E-state index contributed by atoms with van der Waals surface area (Å²) in [6.07, 6.45) is -4.95. The number of nitrogens with zero attached hydrogens (tertiary/aromatic N) is 2. The Balaban J connectivity index is 1.49. The maximum atomic E-state index is 12.6.